The zero-order valence-corrected chi connectivity index (χ0v) is 12.3. The molecule has 0 fully saturated rings. The van der Waals surface area contributed by atoms with E-state index in [1.54, 1.807) is 19.1 Å². The van der Waals surface area contributed by atoms with Gasteiger partial charge in [0.2, 0.25) is 5.75 Å². The highest BCUT2D eigenvalue weighted by Crippen LogP contribution is 2.39. The summed E-state index contributed by atoms with van der Waals surface area (Å²) in [6, 6.07) is 6.00. The summed E-state index contributed by atoms with van der Waals surface area (Å²) < 4.78 is 17.2. The quantitative estimate of drug-likeness (QED) is 0.931. The van der Waals surface area contributed by atoms with E-state index in [1.807, 2.05) is 0 Å². The molecule has 1 aromatic heterocycles. The van der Waals surface area contributed by atoms with E-state index in [0.717, 1.165) is 6.07 Å². The number of hydrogen-bond acceptors (Lipinski definition) is 5. The summed E-state index contributed by atoms with van der Waals surface area (Å²) in [7, 11) is 4.53. The highest BCUT2D eigenvalue weighted by Gasteiger charge is 2.15. The van der Waals surface area contributed by atoms with E-state index < -0.39 is 0 Å². The van der Waals surface area contributed by atoms with Gasteiger partial charge in [0, 0.05) is 23.9 Å². The molecule has 6 heteroatoms. The van der Waals surface area contributed by atoms with Crippen LogP contribution in [0.4, 0.5) is 0 Å². The smallest absolute Gasteiger partial charge is 0.258 e. The summed E-state index contributed by atoms with van der Waals surface area (Å²) in [6.45, 7) is 1.73. The number of pyridine rings is 1. The molecule has 1 heterocycles. The molecule has 21 heavy (non-hydrogen) atoms. The van der Waals surface area contributed by atoms with Crippen LogP contribution in [0.15, 0.2) is 29.1 Å². The van der Waals surface area contributed by atoms with E-state index in [-0.39, 0.29) is 11.3 Å². The van der Waals surface area contributed by atoms with Crippen LogP contribution in [-0.4, -0.2) is 31.0 Å². The van der Waals surface area contributed by atoms with Crippen molar-refractivity contribution >= 4 is 0 Å². The highest BCUT2D eigenvalue weighted by atomic mass is 16.5. The van der Waals surface area contributed by atoms with Crippen molar-refractivity contribution in [3.8, 4) is 28.7 Å². The molecule has 0 bridgehead atoms. The van der Waals surface area contributed by atoms with Crippen molar-refractivity contribution in [1.29, 1.82) is 0 Å². The maximum absolute atomic E-state index is 12.1. The zero-order valence-electron chi connectivity index (χ0n) is 12.3. The first kappa shape index (κ1) is 14.8. The summed E-state index contributed by atoms with van der Waals surface area (Å²) in [4.78, 5) is 12.1. The lowest BCUT2D eigenvalue weighted by molar-refractivity contribution is 0.324. The predicted octanol–water partition coefficient (Wildman–Crippen LogP) is 1.88. The van der Waals surface area contributed by atoms with Crippen molar-refractivity contribution in [2.24, 2.45) is 0 Å². The molecule has 0 aliphatic carbocycles. The normalized spacial score (nSPS) is 10.3. The van der Waals surface area contributed by atoms with Gasteiger partial charge in [0.15, 0.2) is 11.5 Å². The zero-order chi connectivity index (χ0) is 15.6. The Hall–Kier alpha value is -2.63. The molecule has 1 N–H and O–H groups in total. The minimum Gasteiger partial charge on any atom is -0.508 e. The first-order valence-corrected chi connectivity index (χ1v) is 6.25. The Balaban J connectivity index is 2.74. The Morgan fingerprint density at radius 3 is 1.95 bits per heavy atom. The molecule has 2 rings (SSSR count). The SMILES string of the molecule is COc1cc(-n2c(C)cc(O)cc2=O)cc(OC)c1OC. The topological polar surface area (TPSA) is 69.9 Å². The van der Waals surface area contributed by atoms with E-state index in [2.05, 4.69) is 0 Å². The van der Waals surface area contributed by atoms with Crippen molar-refractivity contribution in [2.75, 3.05) is 21.3 Å². The van der Waals surface area contributed by atoms with Gasteiger partial charge in [-0.3, -0.25) is 9.36 Å². The molecular formula is C15H17NO5. The molecule has 112 valence electrons. The summed E-state index contributed by atoms with van der Waals surface area (Å²) in [6.07, 6.45) is 0. The molecule has 0 aliphatic rings. The Morgan fingerprint density at radius 2 is 1.52 bits per heavy atom. The molecule has 0 saturated carbocycles. The van der Waals surface area contributed by atoms with Crippen LogP contribution in [0.2, 0.25) is 0 Å². The second kappa shape index (κ2) is 5.78. The van der Waals surface area contributed by atoms with Gasteiger partial charge < -0.3 is 19.3 Å². The minimum absolute atomic E-state index is 0.0683. The first-order chi connectivity index (χ1) is 10.0. The third kappa shape index (κ3) is 2.65. The fourth-order valence-electron chi connectivity index (χ4n) is 2.21. The third-order valence-corrected chi connectivity index (χ3v) is 3.11. The van der Waals surface area contributed by atoms with Crippen LogP contribution in [0.25, 0.3) is 5.69 Å². The molecule has 0 atom stereocenters. The Bertz CT molecular complexity index is 695. The average Bonchev–Trinajstić information content (AvgIpc) is 2.44. The van der Waals surface area contributed by atoms with Crippen molar-refractivity contribution in [1.82, 2.24) is 4.57 Å². The van der Waals surface area contributed by atoms with Gasteiger partial charge in [-0.2, -0.15) is 0 Å². The van der Waals surface area contributed by atoms with E-state index >= 15 is 0 Å². The number of nitrogens with zero attached hydrogens (tertiary/aromatic N) is 1. The fourth-order valence-corrected chi connectivity index (χ4v) is 2.21. The lowest BCUT2D eigenvalue weighted by atomic mass is 10.2. The summed E-state index contributed by atoms with van der Waals surface area (Å²) in [5.41, 5.74) is 0.808. The molecule has 0 radical (unpaired) electrons. The number of aromatic hydroxyl groups is 1. The number of hydrogen-bond donors (Lipinski definition) is 1. The van der Waals surface area contributed by atoms with Crippen LogP contribution >= 0.6 is 0 Å². The van der Waals surface area contributed by atoms with Gasteiger partial charge in [0.1, 0.15) is 5.75 Å². The maximum Gasteiger partial charge on any atom is 0.258 e. The molecular weight excluding hydrogens is 274 g/mol. The highest BCUT2D eigenvalue weighted by molar-refractivity contribution is 5.58. The number of benzene rings is 1. The molecule has 0 amide bonds. The van der Waals surface area contributed by atoms with Crippen molar-refractivity contribution in [2.45, 2.75) is 6.92 Å². The number of rotatable bonds is 4. The molecule has 0 unspecified atom stereocenters. The third-order valence-electron chi connectivity index (χ3n) is 3.11. The number of aromatic nitrogens is 1. The Labute approximate surface area is 122 Å². The van der Waals surface area contributed by atoms with Crippen molar-refractivity contribution in [3.05, 3.63) is 40.3 Å². The molecule has 1 aromatic carbocycles. The monoisotopic (exact) mass is 291 g/mol. The predicted molar refractivity (Wildman–Crippen MR) is 78.1 cm³/mol. The van der Waals surface area contributed by atoms with Gasteiger partial charge in [0.25, 0.3) is 5.56 Å². The van der Waals surface area contributed by atoms with Crippen LogP contribution in [0, 0.1) is 6.92 Å². The van der Waals surface area contributed by atoms with Gasteiger partial charge in [-0.15, -0.1) is 0 Å². The van der Waals surface area contributed by atoms with Crippen LogP contribution in [0.5, 0.6) is 23.0 Å². The molecule has 0 spiro atoms. The van der Waals surface area contributed by atoms with Gasteiger partial charge in [-0.25, -0.2) is 0 Å². The van der Waals surface area contributed by atoms with Crippen LogP contribution in [-0.2, 0) is 0 Å². The van der Waals surface area contributed by atoms with E-state index in [0.29, 0.717) is 28.6 Å². The van der Waals surface area contributed by atoms with Crippen molar-refractivity contribution < 1.29 is 19.3 Å². The largest absolute Gasteiger partial charge is 0.508 e. The van der Waals surface area contributed by atoms with E-state index in [1.165, 1.54) is 32.0 Å². The van der Waals surface area contributed by atoms with Gasteiger partial charge in [-0.05, 0) is 13.0 Å². The van der Waals surface area contributed by atoms with E-state index in [9.17, 15) is 9.90 Å². The van der Waals surface area contributed by atoms with Gasteiger partial charge >= 0.3 is 0 Å². The van der Waals surface area contributed by atoms with Crippen LogP contribution in [0.3, 0.4) is 0 Å². The summed E-state index contributed by atoms with van der Waals surface area (Å²) >= 11 is 0. The van der Waals surface area contributed by atoms with Crippen LogP contribution in [0.1, 0.15) is 5.69 Å². The van der Waals surface area contributed by atoms with Crippen molar-refractivity contribution in [3.63, 3.8) is 0 Å². The van der Waals surface area contributed by atoms with Crippen LogP contribution < -0.4 is 19.8 Å². The average molecular weight is 291 g/mol. The van der Waals surface area contributed by atoms with E-state index in [4.69, 9.17) is 14.2 Å². The Kier molecular flexibility index (Phi) is 4.07. The maximum atomic E-state index is 12.1. The van der Waals surface area contributed by atoms with Gasteiger partial charge in [0.05, 0.1) is 27.0 Å². The fraction of sp³-hybridized carbons (Fsp3) is 0.267. The number of methoxy groups -OCH3 is 3. The molecule has 2 aromatic rings. The summed E-state index contributed by atoms with van der Waals surface area (Å²) in [5, 5.41) is 9.47. The lowest BCUT2D eigenvalue weighted by Gasteiger charge is -2.16. The molecule has 6 nitrogen and oxygen atoms in total. The first-order valence-electron chi connectivity index (χ1n) is 6.25. The number of ether oxygens (including phenoxy) is 3. The number of aryl methyl sites for hydroxylation is 1. The minimum atomic E-state index is -0.346. The summed E-state index contributed by atoms with van der Waals surface area (Å²) in [5.74, 6) is 1.28. The van der Waals surface area contributed by atoms with Gasteiger partial charge in [-0.1, -0.05) is 0 Å². The molecule has 0 saturated heterocycles. The second-order valence-corrected chi connectivity index (χ2v) is 4.41. The molecule has 0 aliphatic heterocycles. The standard InChI is InChI=1S/C15H17NO5/c1-9-5-11(17)8-14(18)16(9)10-6-12(19-2)15(21-4)13(7-10)20-3/h5-8,17H,1-4H3. The lowest BCUT2D eigenvalue weighted by Crippen LogP contribution is -2.19. The second-order valence-electron chi connectivity index (χ2n) is 4.41. The Morgan fingerprint density at radius 1 is 0.952 bits per heavy atom.